The number of amides is 3. The highest BCUT2D eigenvalue weighted by Crippen LogP contribution is 2.25. The number of aliphatic hydroxyl groups excluding tert-OH is 1. The van der Waals surface area contributed by atoms with Gasteiger partial charge in [0.15, 0.2) is 0 Å². The average Bonchev–Trinajstić information content (AvgIpc) is 2.98. The number of carbonyl (C=O) groups is 2. The van der Waals surface area contributed by atoms with Crippen LogP contribution in [0.3, 0.4) is 0 Å². The maximum absolute atomic E-state index is 12.7. The molecule has 1 aromatic rings. The molecule has 2 heterocycles. The molecular weight excluding hydrogens is 322 g/mol. The number of rotatable bonds is 3. The van der Waals surface area contributed by atoms with Crippen LogP contribution in [-0.4, -0.2) is 88.9 Å². The highest BCUT2D eigenvalue weighted by molar-refractivity contribution is 6.25. The number of carbonyl (C=O) groups excluding carboxylic acids is 2. The third kappa shape index (κ3) is 2.78. The summed E-state index contributed by atoms with van der Waals surface area (Å²) < 4.78 is 1.77. The van der Waals surface area contributed by atoms with Crippen molar-refractivity contribution in [1.29, 1.82) is 0 Å². The zero-order chi connectivity index (χ0) is 18.3. The lowest BCUT2D eigenvalue weighted by atomic mass is 10.1. The van der Waals surface area contributed by atoms with E-state index in [0.29, 0.717) is 11.8 Å². The van der Waals surface area contributed by atoms with Crippen molar-refractivity contribution in [3.05, 3.63) is 35.9 Å². The maximum Gasteiger partial charge on any atom is 0.392 e. The lowest BCUT2D eigenvalue weighted by Gasteiger charge is -2.33. The lowest BCUT2D eigenvalue weighted by Crippen LogP contribution is -2.63. The Labute approximate surface area is 146 Å². The highest BCUT2D eigenvalue weighted by atomic mass is 16.3. The number of guanidine groups is 1. The summed E-state index contributed by atoms with van der Waals surface area (Å²) in [5.74, 6) is 0.578. The number of β-amino-alcohol motifs (C(OH)–C–C–N with tert-alkyl or cyclic N) is 1. The number of aliphatic imine (C=N–C) groups is 1. The van der Waals surface area contributed by atoms with Gasteiger partial charge in [-0.3, -0.25) is 19.2 Å². The molecule has 1 fully saturated rings. The first kappa shape index (κ1) is 17.1. The summed E-state index contributed by atoms with van der Waals surface area (Å²) in [7, 11) is 6.68. The molecule has 0 spiro atoms. The van der Waals surface area contributed by atoms with Crippen molar-refractivity contribution < 1.29 is 19.3 Å². The Morgan fingerprint density at radius 3 is 2.40 bits per heavy atom. The second-order valence-electron chi connectivity index (χ2n) is 6.38. The first-order valence-corrected chi connectivity index (χ1v) is 8.00. The molecule has 0 saturated carbocycles. The highest BCUT2D eigenvalue weighted by Gasteiger charge is 2.55. The number of nitrogens with zero attached hydrogens (tertiary/aromatic N) is 5. The standard InChI is InChI=1S/C17H22N5O3/c1-19(2)16-18-14-13(15(24)21(4)17(25)20(14)3)22(16)10-12(23)11-8-6-5-7-9-11/h5-9,12-13,23H,10H2,1-4H3/q+1. The van der Waals surface area contributed by atoms with Gasteiger partial charge in [-0.15, -0.1) is 0 Å². The number of imide groups is 1. The molecule has 0 aromatic heterocycles. The topological polar surface area (TPSA) is 79.5 Å². The largest absolute Gasteiger partial charge is 0.392 e. The monoisotopic (exact) mass is 344 g/mol. The Morgan fingerprint density at radius 1 is 1.16 bits per heavy atom. The van der Waals surface area contributed by atoms with Gasteiger partial charge in [0.25, 0.3) is 5.91 Å². The minimum absolute atomic E-state index is 0.191. The van der Waals surface area contributed by atoms with Gasteiger partial charge in [-0.05, 0) is 5.56 Å². The van der Waals surface area contributed by atoms with Crippen molar-refractivity contribution in [2.75, 3.05) is 34.7 Å². The van der Waals surface area contributed by atoms with Crippen molar-refractivity contribution in [2.24, 2.45) is 4.99 Å². The molecule has 0 radical (unpaired) electrons. The molecular formula is C17H22N5O3+. The second kappa shape index (κ2) is 6.29. The van der Waals surface area contributed by atoms with E-state index in [-0.39, 0.29) is 12.5 Å². The summed E-state index contributed by atoms with van der Waals surface area (Å²) in [4.78, 5) is 33.6. The zero-order valence-electron chi connectivity index (χ0n) is 14.7. The van der Waals surface area contributed by atoms with Crippen LogP contribution < -0.4 is 0 Å². The van der Waals surface area contributed by atoms with Crippen molar-refractivity contribution in [1.82, 2.24) is 14.7 Å². The van der Waals surface area contributed by atoms with Gasteiger partial charge in [-0.25, -0.2) is 9.69 Å². The number of urea groups is 1. The molecule has 2 unspecified atom stereocenters. The summed E-state index contributed by atoms with van der Waals surface area (Å²) in [6, 6.07) is 8.13. The van der Waals surface area contributed by atoms with Gasteiger partial charge in [0.1, 0.15) is 6.10 Å². The van der Waals surface area contributed by atoms with Crippen LogP contribution in [0.1, 0.15) is 11.7 Å². The van der Waals surface area contributed by atoms with Crippen LogP contribution in [0.2, 0.25) is 0 Å². The molecule has 2 aliphatic rings. The normalized spacial score (nSPS) is 21.5. The molecule has 8 heteroatoms. The SMILES string of the molecule is CN1C(=O)C2C(=NC(=[N+](C)C)N2CC(O)c2ccccc2)N(C)C1=O. The van der Waals surface area contributed by atoms with Crippen LogP contribution in [0.15, 0.2) is 35.3 Å². The number of hydrogen-bond acceptors (Lipinski definition) is 3. The Bertz CT molecular complexity index is 770. The summed E-state index contributed by atoms with van der Waals surface area (Å²) >= 11 is 0. The molecule has 1 aromatic carbocycles. The molecule has 1 saturated heterocycles. The van der Waals surface area contributed by atoms with Crippen molar-refractivity contribution in [2.45, 2.75) is 12.1 Å². The van der Waals surface area contributed by atoms with E-state index in [4.69, 9.17) is 0 Å². The number of aliphatic hydroxyl groups is 1. The Hall–Kier alpha value is -2.74. The van der Waals surface area contributed by atoms with Crippen molar-refractivity contribution in [3.63, 3.8) is 0 Å². The minimum Gasteiger partial charge on any atom is -0.385 e. The Balaban J connectivity index is 1.96. The van der Waals surface area contributed by atoms with Gasteiger partial charge in [0.05, 0.1) is 20.6 Å². The van der Waals surface area contributed by atoms with Gasteiger partial charge in [0, 0.05) is 14.1 Å². The molecule has 0 aliphatic carbocycles. The number of fused-ring (bicyclic) bond motifs is 1. The van der Waals surface area contributed by atoms with E-state index in [1.54, 1.807) is 16.5 Å². The summed E-state index contributed by atoms with van der Waals surface area (Å²) in [5.41, 5.74) is 0.759. The van der Waals surface area contributed by atoms with Gasteiger partial charge in [-0.1, -0.05) is 35.3 Å². The van der Waals surface area contributed by atoms with Crippen molar-refractivity contribution in [3.8, 4) is 0 Å². The third-order valence-corrected chi connectivity index (χ3v) is 4.46. The summed E-state index contributed by atoms with van der Waals surface area (Å²) in [6.07, 6.45) is -0.785. The van der Waals surface area contributed by atoms with E-state index in [1.165, 1.54) is 11.9 Å². The maximum atomic E-state index is 12.7. The molecule has 8 nitrogen and oxygen atoms in total. The molecule has 2 aliphatic heterocycles. The lowest BCUT2D eigenvalue weighted by molar-refractivity contribution is -0.470. The predicted octanol–water partition coefficient (Wildman–Crippen LogP) is -0.0454. The number of hydrogen-bond donors (Lipinski definition) is 1. The fraction of sp³-hybridized carbons (Fsp3) is 0.412. The van der Waals surface area contributed by atoms with Gasteiger partial charge >= 0.3 is 12.0 Å². The molecule has 1 N–H and O–H groups in total. The third-order valence-electron chi connectivity index (χ3n) is 4.46. The fourth-order valence-corrected chi connectivity index (χ4v) is 3.10. The first-order chi connectivity index (χ1) is 11.8. The molecule has 25 heavy (non-hydrogen) atoms. The van der Waals surface area contributed by atoms with E-state index in [1.807, 2.05) is 44.4 Å². The van der Waals surface area contributed by atoms with Crippen LogP contribution in [0.4, 0.5) is 4.79 Å². The molecule has 3 amide bonds. The number of benzene rings is 1. The smallest absolute Gasteiger partial charge is 0.385 e. The molecule has 132 valence electrons. The van der Waals surface area contributed by atoms with E-state index in [9.17, 15) is 14.7 Å². The summed E-state index contributed by atoms with van der Waals surface area (Å²) in [5, 5.41) is 10.6. The summed E-state index contributed by atoms with van der Waals surface area (Å²) in [6.45, 7) is 0.191. The minimum atomic E-state index is -0.785. The van der Waals surface area contributed by atoms with Crippen LogP contribution >= 0.6 is 0 Å². The van der Waals surface area contributed by atoms with Gasteiger partial charge < -0.3 is 5.11 Å². The van der Waals surface area contributed by atoms with E-state index in [0.717, 1.165) is 10.5 Å². The predicted molar refractivity (Wildman–Crippen MR) is 92.4 cm³/mol. The fourth-order valence-electron chi connectivity index (χ4n) is 3.10. The van der Waals surface area contributed by atoms with E-state index < -0.39 is 18.2 Å². The van der Waals surface area contributed by atoms with Crippen molar-refractivity contribution >= 4 is 23.7 Å². The second-order valence-corrected chi connectivity index (χ2v) is 6.38. The van der Waals surface area contributed by atoms with Crippen LogP contribution in [-0.2, 0) is 4.79 Å². The number of amidine groups is 1. The van der Waals surface area contributed by atoms with E-state index >= 15 is 0 Å². The Kier molecular flexibility index (Phi) is 4.30. The van der Waals surface area contributed by atoms with Crippen LogP contribution in [0.25, 0.3) is 0 Å². The van der Waals surface area contributed by atoms with Gasteiger partial charge in [-0.2, -0.15) is 0 Å². The first-order valence-electron chi connectivity index (χ1n) is 8.00. The zero-order valence-corrected chi connectivity index (χ0v) is 14.7. The van der Waals surface area contributed by atoms with Crippen LogP contribution in [0.5, 0.6) is 0 Å². The molecule has 2 atom stereocenters. The Morgan fingerprint density at radius 2 is 1.80 bits per heavy atom. The molecule has 3 rings (SSSR count). The van der Waals surface area contributed by atoms with Crippen LogP contribution in [0, 0.1) is 0 Å². The average molecular weight is 344 g/mol. The quantitative estimate of drug-likeness (QED) is 0.780. The van der Waals surface area contributed by atoms with E-state index in [2.05, 4.69) is 4.99 Å². The molecule has 0 bridgehead atoms. The van der Waals surface area contributed by atoms with Gasteiger partial charge in [0.2, 0.25) is 11.9 Å². The number of likely N-dealkylation sites (N-methyl/N-ethyl adjacent to an activating group) is 2.